The van der Waals surface area contributed by atoms with E-state index in [4.69, 9.17) is 11.6 Å². The van der Waals surface area contributed by atoms with Crippen LogP contribution in [0, 0.1) is 5.82 Å². The highest BCUT2D eigenvalue weighted by Gasteiger charge is 2.11. The highest BCUT2D eigenvalue weighted by Crippen LogP contribution is 2.30. The SMILES string of the molecule is CC(Nc1ccc(OC(F)F)c(Cl)c1)c1cncc(F)c1. The molecule has 0 aliphatic rings. The lowest BCUT2D eigenvalue weighted by molar-refractivity contribution is -0.0497. The van der Waals surface area contributed by atoms with Crippen LogP contribution in [0.25, 0.3) is 0 Å². The fourth-order valence-electron chi connectivity index (χ4n) is 1.78. The minimum absolute atomic E-state index is 0.0601. The summed E-state index contributed by atoms with van der Waals surface area (Å²) in [5, 5.41) is 3.13. The summed E-state index contributed by atoms with van der Waals surface area (Å²) in [4.78, 5) is 3.77. The van der Waals surface area contributed by atoms with Crippen LogP contribution in [0.2, 0.25) is 5.02 Å². The van der Waals surface area contributed by atoms with Gasteiger partial charge in [-0.3, -0.25) is 4.98 Å². The number of hydrogen-bond donors (Lipinski definition) is 1. The predicted octanol–water partition coefficient (Wildman–Crippen LogP) is 4.65. The van der Waals surface area contributed by atoms with E-state index in [1.807, 2.05) is 6.92 Å². The molecule has 0 saturated heterocycles. The van der Waals surface area contributed by atoms with Crippen molar-refractivity contribution >= 4 is 17.3 Å². The normalized spacial score (nSPS) is 12.3. The van der Waals surface area contributed by atoms with Gasteiger partial charge in [-0.15, -0.1) is 0 Å². The van der Waals surface area contributed by atoms with Gasteiger partial charge >= 0.3 is 6.61 Å². The van der Waals surface area contributed by atoms with E-state index in [0.717, 1.165) is 6.20 Å². The number of benzene rings is 1. The third-order valence-corrected chi connectivity index (χ3v) is 3.05. The number of anilines is 1. The molecule has 1 atom stereocenters. The largest absolute Gasteiger partial charge is 0.433 e. The molecule has 112 valence electrons. The van der Waals surface area contributed by atoms with E-state index in [9.17, 15) is 13.2 Å². The first-order valence-electron chi connectivity index (χ1n) is 6.07. The molecule has 21 heavy (non-hydrogen) atoms. The number of pyridine rings is 1. The average molecular weight is 317 g/mol. The molecule has 0 saturated carbocycles. The first-order chi connectivity index (χ1) is 9.95. The first-order valence-corrected chi connectivity index (χ1v) is 6.45. The summed E-state index contributed by atoms with van der Waals surface area (Å²) in [6.45, 7) is -1.12. The fourth-order valence-corrected chi connectivity index (χ4v) is 2.01. The third-order valence-electron chi connectivity index (χ3n) is 2.76. The van der Waals surface area contributed by atoms with Gasteiger partial charge in [0.15, 0.2) is 0 Å². The lowest BCUT2D eigenvalue weighted by Crippen LogP contribution is -2.08. The monoisotopic (exact) mass is 316 g/mol. The van der Waals surface area contributed by atoms with E-state index in [1.54, 1.807) is 6.07 Å². The van der Waals surface area contributed by atoms with Gasteiger partial charge in [0.1, 0.15) is 11.6 Å². The number of halogens is 4. The molecular weight excluding hydrogens is 305 g/mol. The van der Waals surface area contributed by atoms with Crippen LogP contribution in [0.4, 0.5) is 18.9 Å². The van der Waals surface area contributed by atoms with E-state index in [0.29, 0.717) is 11.3 Å². The molecule has 0 fully saturated rings. The Bertz CT molecular complexity index is 625. The summed E-state index contributed by atoms with van der Waals surface area (Å²) in [5.41, 5.74) is 1.25. The Labute approximate surface area is 124 Å². The molecule has 0 bridgehead atoms. The average Bonchev–Trinajstić information content (AvgIpc) is 2.41. The lowest BCUT2D eigenvalue weighted by atomic mass is 10.1. The summed E-state index contributed by atoms with van der Waals surface area (Å²) in [6, 6.07) is 5.48. The molecule has 1 aromatic carbocycles. The number of hydrogen-bond acceptors (Lipinski definition) is 3. The van der Waals surface area contributed by atoms with Crippen LogP contribution in [0.1, 0.15) is 18.5 Å². The van der Waals surface area contributed by atoms with Gasteiger partial charge in [0.25, 0.3) is 0 Å². The second kappa shape index (κ2) is 6.67. The number of nitrogens with zero attached hydrogens (tertiary/aromatic N) is 1. The molecule has 0 radical (unpaired) electrons. The van der Waals surface area contributed by atoms with Crippen LogP contribution >= 0.6 is 11.6 Å². The van der Waals surface area contributed by atoms with Crippen molar-refractivity contribution in [3.63, 3.8) is 0 Å². The molecule has 2 aromatic rings. The summed E-state index contributed by atoms with van der Waals surface area (Å²) < 4.78 is 41.6. The zero-order valence-corrected chi connectivity index (χ0v) is 11.7. The lowest BCUT2D eigenvalue weighted by Gasteiger charge is -2.16. The predicted molar refractivity (Wildman–Crippen MR) is 74.3 cm³/mol. The maximum atomic E-state index is 13.1. The maximum absolute atomic E-state index is 13.1. The summed E-state index contributed by atoms with van der Waals surface area (Å²) in [6.07, 6.45) is 2.65. The van der Waals surface area contributed by atoms with Gasteiger partial charge in [0, 0.05) is 11.9 Å². The molecule has 7 heteroatoms. The maximum Gasteiger partial charge on any atom is 0.387 e. The third kappa shape index (κ3) is 4.26. The van der Waals surface area contributed by atoms with Crippen molar-refractivity contribution < 1.29 is 17.9 Å². The van der Waals surface area contributed by atoms with Crippen molar-refractivity contribution in [1.29, 1.82) is 0 Å². The van der Waals surface area contributed by atoms with Crippen molar-refractivity contribution in [3.8, 4) is 5.75 Å². The topological polar surface area (TPSA) is 34.1 Å². The van der Waals surface area contributed by atoms with E-state index >= 15 is 0 Å². The molecule has 1 unspecified atom stereocenters. The van der Waals surface area contributed by atoms with Gasteiger partial charge in [0.2, 0.25) is 0 Å². The number of alkyl halides is 2. The van der Waals surface area contributed by atoms with Crippen LogP contribution < -0.4 is 10.1 Å². The van der Waals surface area contributed by atoms with Crippen LogP contribution in [0.15, 0.2) is 36.7 Å². The van der Waals surface area contributed by atoms with Gasteiger partial charge < -0.3 is 10.1 Å². The zero-order valence-electron chi connectivity index (χ0n) is 11.0. The Hall–Kier alpha value is -1.95. The Balaban J connectivity index is 2.11. The minimum Gasteiger partial charge on any atom is -0.433 e. The molecule has 0 aliphatic carbocycles. The zero-order chi connectivity index (χ0) is 15.4. The van der Waals surface area contributed by atoms with Crippen molar-refractivity contribution in [2.24, 2.45) is 0 Å². The second-order valence-electron chi connectivity index (χ2n) is 4.33. The Morgan fingerprint density at radius 2 is 2.00 bits per heavy atom. The van der Waals surface area contributed by atoms with Gasteiger partial charge in [-0.25, -0.2) is 4.39 Å². The molecule has 2 rings (SSSR count). The van der Waals surface area contributed by atoms with Crippen LogP contribution in [-0.4, -0.2) is 11.6 Å². The molecule has 0 aliphatic heterocycles. The number of nitrogens with one attached hydrogen (secondary N) is 1. The fraction of sp³-hybridized carbons (Fsp3) is 0.214. The van der Waals surface area contributed by atoms with E-state index in [2.05, 4.69) is 15.0 Å². The summed E-state index contributed by atoms with van der Waals surface area (Å²) >= 11 is 5.86. The minimum atomic E-state index is -2.93. The van der Waals surface area contributed by atoms with Crippen LogP contribution in [-0.2, 0) is 0 Å². The molecule has 1 heterocycles. The number of ether oxygens (including phenoxy) is 1. The smallest absolute Gasteiger partial charge is 0.387 e. The Kier molecular flexibility index (Phi) is 4.90. The highest BCUT2D eigenvalue weighted by atomic mass is 35.5. The first kappa shape index (κ1) is 15.4. The quantitative estimate of drug-likeness (QED) is 0.872. The van der Waals surface area contributed by atoms with Crippen molar-refractivity contribution in [2.45, 2.75) is 19.6 Å². The highest BCUT2D eigenvalue weighted by molar-refractivity contribution is 6.32. The summed E-state index contributed by atoms with van der Waals surface area (Å²) in [7, 11) is 0. The Morgan fingerprint density at radius 3 is 2.62 bits per heavy atom. The molecule has 1 aromatic heterocycles. The molecular formula is C14H12ClF3N2O. The Morgan fingerprint density at radius 1 is 1.24 bits per heavy atom. The number of rotatable bonds is 5. The van der Waals surface area contributed by atoms with E-state index in [1.165, 1.54) is 24.4 Å². The molecule has 0 amide bonds. The standard InChI is InChI=1S/C14H12ClF3N2O/c1-8(9-4-10(16)7-19-6-9)20-11-2-3-13(12(15)5-11)21-14(17)18/h2-8,14,20H,1H3. The molecule has 0 spiro atoms. The van der Waals surface area contributed by atoms with E-state index < -0.39 is 12.4 Å². The molecule has 3 nitrogen and oxygen atoms in total. The van der Waals surface area contributed by atoms with Crippen LogP contribution in [0.3, 0.4) is 0 Å². The van der Waals surface area contributed by atoms with Crippen molar-refractivity contribution in [3.05, 3.63) is 53.1 Å². The van der Waals surface area contributed by atoms with Crippen LogP contribution in [0.5, 0.6) is 5.75 Å². The van der Waals surface area contributed by atoms with Gasteiger partial charge in [-0.05, 0) is 36.8 Å². The van der Waals surface area contributed by atoms with Gasteiger partial charge in [-0.2, -0.15) is 8.78 Å². The van der Waals surface area contributed by atoms with Crippen molar-refractivity contribution in [1.82, 2.24) is 4.98 Å². The molecule has 1 N–H and O–H groups in total. The van der Waals surface area contributed by atoms with Crippen molar-refractivity contribution in [2.75, 3.05) is 5.32 Å². The summed E-state index contributed by atoms with van der Waals surface area (Å²) in [5.74, 6) is -0.530. The van der Waals surface area contributed by atoms with Gasteiger partial charge in [-0.1, -0.05) is 11.6 Å². The second-order valence-corrected chi connectivity index (χ2v) is 4.73. The number of aromatic nitrogens is 1. The van der Waals surface area contributed by atoms with Gasteiger partial charge in [0.05, 0.1) is 17.3 Å². The van der Waals surface area contributed by atoms with E-state index in [-0.39, 0.29) is 16.8 Å².